The van der Waals surface area contributed by atoms with Crippen molar-refractivity contribution >= 4 is 5.91 Å². The van der Waals surface area contributed by atoms with E-state index in [9.17, 15) is 4.79 Å². The van der Waals surface area contributed by atoms with E-state index >= 15 is 0 Å². The van der Waals surface area contributed by atoms with Crippen molar-refractivity contribution in [2.45, 2.75) is 12.8 Å². The summed E-state index contributed by atoms with van der Waals surface area (Å²) in [5.41, 5.74) is 3.89. The van der Waals surface area contributed by atoms with Crippen LogP contribution in [0.1, 0.15) is 23.2 Å². The number of nitrogens with two attached hydrogens (primary N) is 1. The number of hydrazine groups is 1. The first-order valence-electron chi connectivity index (χ1n) is 5.88. The largest absolute Gasteiger partial charge is 0.489 e. The fraction of sp³-hybridized carbons (Fsp3) is 0.214. The highest BCUT2D eigenvalue weighted by Gasteiger charge is 2.04. The highest BCUT2D eigenvalue weighted by atomic mass is 16.5. The predicted molar refractivity (Wildman–Crippen MR) is 70.0 cm³/mol. The third-order valence-electron chi connectivity index (χ3n) is 2.77. The van der Waals surface area contributed by atoms with E-state index in [1.54, 1.807) is 24.3 Å². The lowest BCUT2D eigenvalue weighted by atomic mass is 10.1. The van der Waals surface area contributed by atoms with Gasteiger partial charge in [0.05, 0.1) is 0 Å². The van der Waals surface area contributed by atoms with Crippen LogP contribution in [0.2, 0.25) is 0 Å². The van der Waals surface area contributed by atoms with Crippen molar-refractivity contribution in [3.8, 4) is 5.75 Å². The third-order valence-corrected chi connectivity index (χ3v) is 2.77. The quantitative estimate of drug-likeness (QED) is 0.483. The SMILES string of the molecule is NNC(=O)c1ccc(OCC2=CC=CCC2)cc1. The lowest BCUT2D eigenvalue weighted by Crippen LogP contribution is -2.29. The number of carbonyl (C=O) groups excluding carboxylic acids is 1. The van der Waals surface area contributed by atoms with Gasteiger partial charge in [0.15, 0.2) is 0 Å². The molecule has 1 aliphatic rings. The minimum atomic E-state index is -0.304. The first-order chi connectivity index (χ1) is 8.79. The Morgan fingerprint density at radius 3 is 2.72 bits per heavy atom. The third kappa shape index (κ3) is 3.21. The van der Waals surface area contributed by atoms with Crippen LogP contribution >= 0.6 is 0 Å². The second-order valence-corrected chi connectivity index (χ2v) is 4.08. The Balaban J connectivity index is 1.92. The van der Waals surface area contributed by atoms with E-state index in [4.69, 9.17) is 10.6 Å². The molecule has 0 saturated heterocycles. The van der Waals surface area contributed by atoms with Crippen LogP contribution < -0.4 is 16.0 Å². The van der Waals surface area contributed by atoms with Crippen molar-refractivity contribution in [3.63, 3.8) is 0 Å². The Hall–Kier alpha value is -2.07. The Bertz CT molecular complexity index is 475. The average Bonchev–Trinajstić information content (AvgIpc) is 2.46. The summed E-state index contributed by atoms with van der Waals surface area (Å²) in [4.78, 5) is 11.2. The van der Waals surface area contributed by atoms with Gasteiger partial charge in [0.25, 0.3) is 5.91 Å². The molecular formula is C14H16N2O2. The molecule has 4 heteroatoms. The molecule has 1 amide bonds. The summed E-state index contributed by atoms with van der Waals surface area (Å²) in [5.74, 6) is 5.50. The number of benzene rings is 1. The fourth-order valence-electron chi connectivity index (χ4n) is 1.73. The Morgan fingerprint density at radius 2 is 2.11 bits per heavy atom. The lowest BCUT2D eigenvalue weighted by Gasteiger charge is -2.11. The van der Waals surface area contributed by atoms with Crippen LogP contribution in [0.25, 0.3) is 0 Å². The lowest BCUT2D eigenvalue weighted by molar-refractivity contribution is 0.0953. The van der Waals surface area contributed by atoms with Gasteiger partial charge in [0, 0.05) is 5.56 Å². The zero-order chi connectivity index (χ0) is 12.8. The molecule has 0 radical (unpaired) electrons. The smallest absolute Gasteiger partial charge is 0.265 e. The number of hydrogen-bond donors (Lipinski definition) is 2. The van der Waals surface area contributed by atoms with Crippen LogP contribution in [0, 0.1) is 0 Å². The van der Waals surface area contributed by atoms with Crippen LogP contribution in [-0.4, -0.2) is 12.5 Å². The predicted octanol–water partition coefficient (Wildman–Crippen LogP) is 1.95. The van der Waals surface area contributed by atoms with Crippen LogP contribution in [0.4, 0.5) is 0 Å². The topological polar surface area (TPSA) is 64.3 Å². The van der Waals surface area contributed by atoms with Crippen LogP contribution in [-0.2, 0) is 0 Å². The Kier molecular flexibility index (Phi) is 4.15. The van der Waals surface area contributed by atoms with E-state index in [2.05, 4.69) is 23.7 Å². The van der Waals surface area contributed by atoms with Crippen LogP contribution in [0.3, 0.4) is 0 Å². The summed E-state index contributed by atoms with van der Waals surface area (Å²) >= 11 is 0. The molecule has 94 valence electrons. The molecule has 0 heterocycles. The van der Waals surface area contributed by atoms with Gasteiger partial charge in [-0.25, -0.2) is 5.84 Å². The summed E-state index contributed by atoms with van der Waals surface area (Å²) in [5, 5.41) is 0. The van der Waals surface area contributed by atoms with E-state index < -0.39 is 0 Å². The highest BCUT2D eigenvalue weighted by molar-refractivity contribution is 5.93. The van der Waals surface area contributed by atoms with E-state index in [0.717, 1.165) is 18.6 Å². The molecule has 0 saturated carbocycles. The first kappa shape index (κ1) is 12.4. The van der Waals surface area contributed by atoms with E-state index in [1.807, 2.05) is 0 Å². The minimum absolute atomic E-state index is 0.304. The number of allylic oxidation sites excluding steroid dienone is 3. The zero-order valence-corrected chi connectivity index (χ0v) is 10.1. The fourth-order valence-corrected chi connectivity index (χ4v) is 1.73. The normalized spacial score (nSPS) is 13.9. The van der Waals surface area contributed by atoms with Crippen molar-refractivity contribution in [1.29, 1.82) is 0 Å². The average molecular weight is 244 g/mol. The summed E-state index contributed by atoms with van der Waals surface area (Å²) in [6.07, 6.45) is 8.40. The molecule has 2 rings (SSSR count). The molecule has 0 atom stereocenters. The number of ether oxygens (including phenoxy) is 1. The Morgan fingerprint density at radius 1 is 1.33 bits per heavy atom. The second-order valence-electron chi connectivity index (χ2n) is 4.08. The first-order valence-corrected chi connectivity index (χ1v) is 5.88. The summed E-state index contributed by atoms with van der Waals surface area (Å²) in [6, 6.07) is 6.91. The molecule has 0 bridgehead atoms. The van der Waals surface area contributed by atoms with Gasteiger partial charge >= 0.3 is 0 Å². The molecule has 1 aliphatic carbocycles. The van der Waals surface area contributed by atoms with Crippen molar-refractivity contribution in [2.24, 2.45) is 5.84 Å². The molecule has 4 nitrogen and oxygen atoms in total. The van der Waals surface area contributed by atoms with E-state index in [0.29, 0.717) is 12.2 Å². The summed E-state index contributed by atoms with van der Waals surface area (Å²) in [7, 11) is 0. The van der Waals surface area contributed by atoms with Crippen molar-refractivity contribution < 1.29 is 9.53 Å². The zero-order valence-electron chi connectivity index (χ0n) is 10.1. The molecule has 0 fully saturated rings. The van der Waals surface area contributed by atoms with Gasteiger partial charge in [-0.2, -0.15) is 0 Å². The maximum Gasteiger partial charge on any atom is 0.265 e. The summed E-state index contributed by atoms with van der Waals surface area (Å²) in [6.45, 7) is 0.590. The maximum atomic E-state index is 11.2. The number of hydrogen-bond acceptors (Lipinski definition) is 3. The van der Waals surface area contributed by atoms with Gasteiger partial charge in [0.1, 0.15) is 12.4 Å². The minimum Gasteiger partial charge on any atom is -0.489 e. The number of rotatable bonds is 4. The molecule has 0 unspecified atom stereocenters. The molecule has 1 aromatic rings. The van der Waals surface area contributed by atoms with E-state index in [1.165, 1.54) is 5.57 Å². The maximum absolute atomic E-state index is 11.2. The molecular weight excluding hydrogens is 228 g/mol. The molecule has 1 aromatic carbocycles. The monoisotopic (exact) mass is 244 g/mol. The number of carbonyl (C=O) groups is 1. The number of nitrogen functional groups attached to an aromatic ring is 1. The Labute approximate surface area is 106 Å². The van der Waals surface area contributed by atoms with Gasteiger partial charge in [-0.15, -0.1) is 0 Å². The van der Waals surface area contributed by atoms with Crippen molar-refractivity contribution in [1.82, 2.24) is 5.43 Å². The highest BCUT2D eigenvalue weighted by Crippen LogP contribution is 2.16. The molecule has 3 N–H and O–H groups in total. The summed E-state index contributed by atoms with van der Waals surface area (Å²) < 4.78 is 5.65. The van der Waals surface area contributed by atoms with Crippen molar-refractivity contribution in [2.75, 3.05) is 6.61 Å². The van der Waals surface area contributed by atoms with Crippen molar-refractivity contribution in [3.05, 3.63) is 53.6 Å². The van der Waals surface area contributed by atoms with Gasteiger partial charge in [0.2, 0.25) is 0 Å². The van der Waals surface area contributed by atoms with Gasteiger partial charge in [-0.1, -0.05) is 18.2 Å². The number of amides is 1. The van der Waals surface area contributed by atoms with E-state index in [-0.39, 0.29) is 5.91 Å². The van der Waals surface area contributed by atoms with Crippen LogP contribution in [0.15, 0.2) is 48.1 Å². The standard InChI is InChI=1S/C14H16N2O2/c15-16-14(17)12-6-8-13(9-7-12)18-10-11-4-2-1-3-5-11/h1-2,4,6-9H,3,5,10,15H2,(H,16,17). The molecule has 0 aromatic heterocycles. The molecule has 0 aliphatic heterocycles. The van der Waals surface area contributed by atoms with Gasteiger partial charge in [-0.05, 0) is 42.7 Å². The van der Waals surface area contributed by atoms with Gasteiger partial charge < -0.3 is 4.74 Å². The molecule has 18 heavy (non-hydrogen) atoms. The second kappa shape index (κ2) is 6.02. The van der Waals surface area contributed by atoms with Crippen LogP contribution in [0.5, 0.6) is 5.75 Å². The number of nitrogens with one attached hydrogen (secondary N) is 1. The molecule has 0 spiro atoms. The van der Waals surface area contributed by atoms with Gasteiger partial charge in [-0.3, -0.25) is 10.2 Å².